The van der Waals surface area contributed by atoms with Gasteiger partial charge in [0, 0.05) is 37.6 Å². The van der Waals surface area contributed by atoms with Crippen LogP contribution in [0.3, 0.4) is 0 Å². The molecule has 0 saturated carbocycles. The summed E-state index contributed by atoms with van der Waals surface area (Å²) in [7, 11) is 0. The summed E-state index contributed by atoms with van der Waals surface area (Å²) < 4.78 is 20.3. The average molecular weight is 443 g/mol. The van der Waals surface area contributed by atoms with Crippen molar-refractivity contribution >= 4 is 28.9 Å². The van der Waals surface area contributed by atoms with Crippen LogP contribution in [0.4, 0.5) is 21.7 Å². The third-order valence-corrected chi connectivity index (χ3v) is 6.08. The molecule has 2 aliphatic rings. The Balaban J connectivity index is 1.28. The largest absolute Gasteiger partial charge is 0.378 e. The average Bonchev–Trinajstić information content (AvgIpc) is 3.17. The standard InChI is InChI=1S/C22H24ClFN6O/c1-15-8-16(10-18(9-15)28-4-6-29(7-5-28)19-12-31-13-19)26-22-25-14-30(27-22)17-2-3-21(24)20(23)11-17/h2-3,8-11,14,19H,4-7,12-13H2,1H3,(H,26,27). The van der Waals surface area contributed by atoms with Gasteiger partial charge in [-0.05, 0) is 48.9 Å². The van der Waals surface area contributed by atoms with Gasteiger partial charge in [-0.3, -0.25) is 4.90 Å². The topological polar surface area (TPSA) is 58.5 Å². The summed E-state index contributed by atoms with van der Waals surface area (Å²) in [5.74, 6) is 0.00447. The van der Waals surface area contributed by atoms with E-state index in [-0.39, 0.29) is 5.02 Å². The Kier molecular flexibility index (Phi) is 5.52. The maximum absolute atomic E-state index is 13.4. The number of rotatable bonds is 5. The van der Waals surface area contributed by atoms with Crippen LogP contribution in [0.2, 0.25) is 5.02 Å². The molecule has 0 bridgehead atoms. The molecule has 0 spiro atoms. The summed E-state index contributed by atoms with van der Waals surface area (Å²) >= 11 is 5.88. The van der Waals surface area contributed by atoms with Crippen LogP contribution in [0.5, 0.6) is 0 Å². The predicted molar refractivity (Wildman–Crippen MR) is 119 cm³/mol. The number of hydrogen-bond donors (Lipinski definition) is 1. The zero-order valence-corrected chi connectivity index (χ0v) is 18.0. The Hall–Kier alpha value is -2.68. The molecule has 1 N–H and O–H groups in total. The first-order chi connectivity index (χ1) is 15.0. The molecule has 2 aliphatic heterocycles. The number of nitrogens with zero attached hydrogens (tertiary/aromatic N) is 5. The van der Waals surface area contributed by atoms with E-state index in [0.29, 0.717) is 17.7 Å². The second kappa shape index (κ2) is 8.45. The summed E-state index contributed by atoms with van der Waals surface area (Å²) in [5.41, 5.74) is 3.93. The van der Waals surface area contributed by atoms with E-state index < -0.39 is 5.82 Å². The van der Waals surface area contributed by atoms with Gasteiger partial charge in [-0.15, -0.1) is 5.10 Å². The molecule has 9 heteroatoms. The van der Waals surface area contributed by atoms with Crippen LogP contribution in [-0.2, 0) is 4.74 Å². The normalized spacial score (nSPS) is 17.6. The third kappa shape index (κ3) is 4.37. The lowest BCUT2D eigenvalue weighted by Gasteiger charge is -2.43. The van der Waals surface area contributed by atoms with Crippen LogP contribution in [0, 0.1) is 12.7 Å². The van der Waals surface area contributed by atoms with Crippen molar-refractivity contribution in [2.45, 2.75) is 13.0 Å². The predicted octanol–water partition coefficient (Wildman–Crippen LogP) is 3.63. The summed E-state index contributed by atoms with van der Waals surface area (Å²) in [6.07, 6.45) is 1.58. The van der Waals surface area contributed by atoms with Crippen LogP contribution in [0.15, 0.2) is 42.7 Å². The van der Waals surface area contributed by atoms with E-state index >= 15 is 0 Å². The van der Waals surface area contributed by atoms with Gasteiger partial charge in [0.2, 0.25) is 5.95 Å². The van der Waals surface area contributed by atoms with Crippen LogP contribution < -0.4 is 10.2 Å². The second-order valence-electron chi connectivity index (χ2n) is 8.01. The molecule has 0 atom stereocenters. The lowest BCUT2D eigenvalue weighted by Crippen LogP contribution is -2.56. The van der Waals surface area contributed by atoms with Crippen LogP contribution >= 0.6 is 11.6 Å². The first kappa shape index (κ1) is 20.2. The maximum atomic E-state index is 13.4. The van der Waals surface area contributed by atoms with Gasteiger partial charge in [-0.1, -0.05) is 11.6 Å². The second-order valence-corrected chi connectivity index (χ2v) is 8.41. The van der Waals surface area contributed by atoms with Crippen LogP contribution in [-0.4, -0.2) is 65.1 Å². The van der Waals surface area contributed by atoms with E-state index in [0.717, 1.165) is 45.1 Å². The van der Waals surface area contributed by atoms with E-state index in [1.807, 2.05) is 0 Å². The van der Waals surface area contributed by atoms with E-state index in [9.17, 15) is 4.39 Å². The van der Waals surface area contributed by atoms with Gasteiger partial charge >= 0.3 is 0 Å². The molecule has 31 heavy (non-hydrogen) atoms. The van der Waals surface area contributed by atoms with Crippen molar-refractivity contribution in [3.63, 3.8) is 0 Å². The Labute approximate surface area is 185 Å². The highest BCUT2D eigenvalue weighted by molar-refractivity contribution is 6.30. The fourth-order valence-corrected chi connectivity index (χ4v) is 4.17. The zero-order chi connectivity index (χ0) is 21.4. The molecule has 3 heterocycles. The number of piperazine rings is 1. The van der Waals surface area contributed by atoms with Gasteiger partial charge in [-0.2, -0.15) is 4.98 Å². The number of aryl methyl sites for hydroxylation is 1. The van der Waals surface area contributed by atoms with Crippen molar-refractivity contribution in [1.29, 1.82) is 0 Å². The van der Waals surface area contributed by atoms with Crippen molar-refractivity contribution in [1.82, 2.24) is 19.7 Å². The molecule has 162 valence electrons. The molecule has 3 aromatic rings. The number of anilines is 3. The number of nitrogens with one attached hydrogen (secondary N) is 1. The molecule has 2 saturated heterocycles. The highest BCUT2D eigenvalue weighted by atomic mass is 35.5. The molecule has 0 amide bonds. The Morgan fingerprint density at radius 1 is 1.06 bits per heavy atom. The first-order valence-corrected chi connectivity index (χ1v) is 10.8. The molecule has 0 unspecified atom stereocenters. The fraction of sp³-hybridized carbons (Fsp3) is 0.364. The maximum Gasteiger partial charge on any atom is 0.246 e. The van der Waals surface area contributed by atoms with Crippen molar-refractivity contribution in [2.24, 2.45) is 0 Å². The van der Waals surface area contributed by atoms with E-state index in [1.165, 1.54) is 23.4 Å². The number of benzene rings is 2. The molecule has 2 aromatic carbocycles. The minimum Gasteiger partial charge on any atom is -0.378 e. The van der Waals surface area contributed by atoms with E-state index in [1.54, 1.807) is 17.1 Å². The summed E-state index contributed by atoms with van der Waals surface area (Å²) in [6.45, 7) is 7.91. The molecular weight excluding hydrogens is 419 g/mol. The van der Waals surface area contributed by atoms with Gasteiger partial charge in [-0.25, -0.2) is 9.07 Å². The van der Waals surface area contributed by atoms with Crippen molar-refractivity contribution in [2.75, 3.05) is 49.6 Å². The summed E-state index contributed by atoms with van der Waals surface area (Å²) in [5, 5.41) is 7.78. The van der Waals surface area contributed by atoms with Gasteiger partial charge in [0.25, 0.3) is 0 Å². The van der Waals surface area contributed by atoms with Crippen LogP contribution in [0.1, 0.15) is 5.56 Å². The van der Waals surface area contributed by atoms with E-state index in [2.05, 4.69) is 50.3 Å². The molecule has 2 fully saturated rings. The molecule has 1 aromatic heterocycles. The lowest BCUT2D eigenvalue weighted by molar-refractivity contribution is -0.0660. The first-order valence-electron chi connectivity index (χ1n) is 10.4. The smallest absolute Gasteiger partial charge is 0.246 e. The summed E-state index contributed by atoms with van der Waals surface area (Å²) in [4.78, 5) is 9.27. The highest BCUT2D eigenvalue weighted by Crippen LogP contribution is 2.26. The highest BCUT2D eigenvalue weighted by Gasteiger charge is 2.29. The van der Waals surface area contributed by atoms with Gasteiger partial charge in [0.05, 0.1) is 30.0 Å². The summed E-state index contributed by atoms with van der Waals surface area (Å²) in [6, 6.07) is 11.5. The number of ether oxygens (including phenoxy) is 1. The zero-order valence-electron chi connectivity index (χ0n) is 17.3. The number of aromatic nitrogens is 3. The quantitative estimate of drug-likeness (QED) is 0.651. The molecule has 0 aliphatic carbocycles. The van der Waals surface area contributed by atoms with Crippen molar-refractivity contribution < 1.29 is 9.13 Å². The van der Waals surface area contributed by atoms with Gasteiger partial charge in [0.1, 0.15) is 12.1 Å². The van der Waals surface area contributed by atoms with Gasteiger partial charge < -0.3 is 15.0 Å². The van der Waals surface area contributed by atoms with Crippen LogP contribution in [0.25, 0.3) is 5.69 Å². The Bertz CT molecular complexity index is 1080. The minimum absolute atomic E-state index is 0.0516. The SMILES string of the molecule is Cc1cc(Nc2ncn(-c3ccc(F)c(Cl)c3)n2)cc(N2CCN(C3COC3)CC2)c1. The molecule has 5 rings (SSSR count). The molecule has 0 radical (unpaired) electrons. The monoisotopic (exact) mass is 442 g/mol. The number of halogens is 2. The lowest BCUT2D eigenvalue weighted by atomic mass is 10.1. The fourth-order valence-electron chi connectivity index (χ4n) is 4.00. The molecular formula is C22H24ClFN6O. The minimum atomic E-state index is -0.460. The Morgan fingerprint density at radius 2 is 1.87 bits per heavy atom. The van der Waals surface area contributed by atoms with Gasteiger partial charge in [0.15, 0.2) is 0 Å². The number of hydrogen-bond acceptors (Lipinski definition) is 6. The Morgan fingerprint density at radius 3 is 2.58 bits per heavy atom. The van der Waals surface area contributed by atoms with Crippen molar-refractivity contribution in [3.05, 3.63) is 59.1 Å². The third-order valence-electron chi connectivity index (χ3n) is 5.79. The van der Waals surface area contributed by atoms with Crippen molar-refractivity contribution in [3.8, 4) is 5.69 Å². The van der Waals surface area contributed by atoms with E-state index in [4.69, 9.17) is 16.3 Å². The molecule has 7 nitrogen and oxygen atoms in total.